The van der Waals surface area contributed by atoms with Crippen LogP contribution in [0.3, 0.4) is 0 Å². The standard InChI is InChI=1S/C28H22O6/c1-14-7-9-21-17(10-14)19(13-25(31)32-21)28-26(27-20(29)4-3-5-22(27)34-28)18-12-24(30)33-23-11-15(2)6-8-16(18)23/h6-13,26,28H,3-5H2,1-2H3. The Hall–Kier alpha value is -3.93. The van der Waals surface area contributed by atoms with Crippen LogP contribution in [0, 0.1) is 13.8 Å². The Morgan fingerprint density at radius 1 is 0.735 bits per heavy atom. The van der Waals surface area contributed by atoms with Crippen molar-refractivity contribution in [2.24, 2.45) is 0 Å². The van der Waals surface area contributed by atoms with E-state index in [1.54, 1.807) is 6.07 Å². The molecule has 0 radical (unpaired) electrons. The molecule has 34 heavy (non-hydrogen) atoms. The number of carbonyl (C=O) groups excluding carboxylic acids is 1. The number of ketones is 1. The van der Waals surface area contributed by atoms with Crippen molar-refractivity contribution in [2.75, 3.05) is 0 Å². The van der Waals surface area contributed by atoms with Crippen molar-refractivity contribution in [3.8, 4) is 0 Å². The first-order chi connectivity index (χ1) is 16.4. The Bertz CT molecular complexity index is 1650. The fourth-order valence-electron chi connectivity index (χ4n) is 5.33. The summed E-state index contributed by atoms with van der Waals surface area (Å²) in [5, 5.41) is 1.50. The molecule has 0 N–H and O–H groups in total. The second kappa shape index (κ2) is 7.55. The summed E-state index contributed by atoms with van der Waals surface area (Å²) in [5.74, 6) is 0.127. The largest absolute Gasteiger partial charge is 0.489 e. The summed E-state index contributed by atoms with van der Waals surface area (Å²) in [4.78, 5) is 38.3. The van der Waals surface area contributed by atoms with Crippen LogP contribution in [0.1, 0.15) is 53.5 Å². The van der Waals surface area contributed by atoms with E-state index in [1.807, 2.05) is 44.2 Å². The van der Waals surface area contributed by atoms with Gasteiger partial charge >= 0.3 is 11.3 Å². The number of hydrogen-bond acceptors (Lipinski definition) is 6. The number of ether oxygens (including phenoxy) is 1. The van der Waals surface area contributed by atoms with Crippen molar-refractivity contribution in [1.29, 1.82) is 0 Å². The highest BCUT2D eigenvalue weighted by Gasteiger charge is 2.44. The Morgan fingerprint density at radius 2 is 1.44 bits per heavy atom. The fraction of sp³-hybridized carbons (Fsp3) is 0.250. The number of fused-ring (bicyclic) bond motifs is 2. The molecule has 2 atom stereocenters. The van der Waals surface area contributed by atoms with Crippen molar-refractivity contribution in [2.45, 2.75) is 45.1 Å². The topological polar surface area (TPSA) is 86.7 Å². The second-order valence-corrected chi connectivity index (χ2v) is 9.17. The summed E-state index contributed by atoms with van der Waals surface area (Å²) in [6, 6.07) is 14.2. The molecule has 1 aliphatic carbocycles. The highest BCUT2D eigenvalue weighted by Crippen LogP contribution is 2.52. The molecule has 0 fully saturated rings. The van der Waals surface area contributed by atoms with Gasteiger partial charge in [0.05, 0.1) is 5.92 Å². The van der Waals surface area contributed by atoms with Gasteiger partial charge in [0.25, 0.3) is 0 Å². The predicted molar refractivity (Wildman–Crippen MR) is 127 cm³/mol. The predicted octanol–water partition coefficient (Wildman–Crippen LogP) is 5.38. The van der Waals surface area contributed by atoms with Gasteiger partial charge < -0.3 is 13.6 Å². The molecular formula is C28H22O6. The zero-order valence-corrected chi connectivity index (χ0v) is 18.8. The molecule has 0 saturated heterocycles. The number of rotatable bonds is 2. The summed E-state index contributed by atoms with van der Waals surface area (Å²) in [6.07, 6.45) is 1.14. The normalized spacial score (nSPS) is 20.1. The first kappa shape index (κ1) is 20.7. The minimum absolute atomic E-state index is 0.0192. The molecule has 6 rings (SSSR count). The smallest absolute Gasteiger partial charge is 0.336 e. The van der Waals surface area contributed by atoms with Gasteiger partial charge in [0.2, 0.25) is 0 Å². The summed E-state index contributed by atoms with van der Waals surface area (Å²) in [6.45, 7) is 3.89. The van der Waals surface area contributed by atoms with Crippen LogP contribution in [-0.4, -0.2) is 5.78 Å². The third-order valence-corrected chi connectivity index (χ3v) is 6.80. The van der Waals surface area contributed by atoms with Crippen LogP contribution >= 0.6 is 0 Å². The highest BCUT2D eigenvalue weighted by atomic mass is 16.5. The highest BCUT2D eigenvalue weighted by molar-refractivity contribution is 6.00. The van der Waals surface area contributed by atoms with Crippen molar-refractivity contribution in [1.82, 2.24) is 0 Å². The van der Waals surface area contributed by atoms with Gasteiger partial charge in [0.1, 0.15) is 23.0 Å². The number of Topliss-reactive ketones (excluding diaryl/α,β-unsaturated/α-hetero) is 1. The molecule has 170 valence electrons. The Kier molecular flexibility index (Phi) is 4.59. The number of carbonyl (C=O) groups is 1. The van der Waals surface area contributed by atoms with Gasteiger partial charge in [0, 0.05) is 46.9 Å². The molecule has 2 unspecified atom stereocenters. The number of aryl methyl sites for hydroxylation is 2. The van der Waals surface area contributed by atoms with Gasteiger partial charge in [-0.1, -0.05) is 23.8 Å². The molecule has 2 aromatic carbocycles. The SMILES string of the molecule is Cc1ccc2c(C3C4=C(CCCC4=O)OC3c3cc(=O)oc4ccc(C)cc34)cc(=O)oc2c1. The third kappa shape index (κ3) is 3.21. The van der Waals surface area contributed by atoms with Crippen LogP contribution in [0.15, 0.2) is 78.3 Å². The molecule has 0 bridgehead atoms. The van der Waals surface area contributed by atoms with Crippen LogP contribution in [-0.2, 0) is 9.53 Å². The molecular weight excluding hydrogens is 432 g/mol. The first-order valence-corrected chi connectivity index (χ1v) is 11.4. The Labute approximate surface area is 194 Å². The van der Waals surface area contributed by atoms with E-state index in [9.17, 15) is 14.4 Å². The Morgan fingerprint density at radius 3 is 2.26 bits per heavy atom. The van der Waals surface area contributed by atoms with Crippen molar-refractivity contribution in [3.63, 3.8) is 0 Å². The van der Waals surface area contributed by atoms with E-state index in [0.717, 1.165) is 21.9 Å². The lowest BCUT2D eigenvalue weighted by atomic mass is 9.78. The van der Waals surface area contributed by atoms with Crippen LogP contribution in [0.2, 0.25) is 0 Å². The van der Waals surface area contributed by atoms with Gasteiger partial charge in [0.15, 0.2) is 5.78 Å². The third-order valence-electron chi connectivity index (χ3n) is 6.80. The van der Waals surface area contributed by atoms with E-state index in [-0.39, 0.29) is 5.78 Å². The quantitative estimate of drug-likeness (QED) is 0.378. The van der Waals surface area contributed by atoms with Crippen LogP contribution in [0.25, 0.3) is 21.9 Å². The van der Waals surface area contributed by atoms with E-state index < -0.39 is 23.3 Å². The number of hydrogen-bond donors (Lipinski definition) is 0. The van der Waals surface area contributed by atoms with E-state index in [2.05, 4.69) is 0 Å². The zero-order chi connectivity index (χ0) is 23.6. The van der Waals surface area contributed by atoms with Crippen molar-refractivity contribution >= 4 is 27.7 Å². The minimum Gasteiger partial charge on any atom is -0.489 e. The van der Waals surface area contributed by atoms with E-state index in [0.29, 0.717) is 52.9 Å². The molecule has 6 nitrogen and oxygen atoms in total. The van der Waals surface area contributed by atoms with Gasteiger partial charge in [-0.05, 0) is 49.6 Å². The molecule has 2 aliphatic rings. The minimum atomic E-state index is -0.647. The molecule has 6 heteroatoms. The Balaban J connectivity index is 1.66. The van der Waals surface area contributed by atoms with Gasteiger partial charge in [-0.25, -0.2) is 9.59 Å². The summed E-state index contributed by atoms with van der Waals surface area (Å²) in [7, 11) is 0. The molecule has 2 aromatic heterocycles. The summed E-state index contributed by atoms with van der Waals surface area (Å²) in [5.41, 5.74) is 3.83. The van der Waals surface area contributed by atoms with Gasteiger partial charge in [-0.3, -0.25) is 4.79 Å². The number of benzene rings is 2. The average Bonchev–Trinajstić information content (AvgIpc) is 3.18. The van der Waals surface area contributed by atoms with Crippen LogP contribution in [0.4, 0.5) is 0 Å². The lowest BCUT2D eigenvalue weighted by Gasteiger charge is -2.23. The van der Waals surface area contributed by atoms with Gasteiger partial charge in [-0.15, -0.1) is 0 Å². The van der Waals surface area contributed by atoms with Gasteiger partial charge in [-0.2, -0.15) is 0 Å². The lowest BCUT2D eigenvalue weighted by Crippen LogP contribution is -2.19. The monoisotopic (exact) mass is 454 g/mol. The lowest BCUT2D eigenvalue weighted by molar-refractivity contribution is -0.116. The van der Waals surface area contributed by atoms with E-state index >= 15 is 0 Å². The maximum absolute atomic E-state index is 13.2. The van der Waals surface area contributed by atoms with Crippen LogP contribution in [0.5, 0.6) is 0 Å². The van der Waals surface area contributed by atoms with Crippen molar-refractivity contribution in [3.05, 3.63) is 103 Å². The average molecular weight is 454 g/mol. The maximum Gasteiger partial charge on any atom is 0.336 e. The molecule has 0 spiro atoms. The molecule has 0 saturated carbocycles. The van der Waals surface area contributed by atoms with E-state index in [4.69, 9.17) is 13.6 Å². The van der Waals surface area contributed by atoms with E-state index in [1.165, 1.54) is 12.1 Å². The molecule has 3 heterocycles. The first-order valence-electron chi connectivity index (χ1n) is 11.4. The number of allylic oxidation sites excluding steroid dienone is 1. The van der Waals surface area contributed by atoms with Crippen LogP contribution < -0.4 is 11.3 Å². The molecule has 1 aliphatic heterocycles. The summed E-state index contributed by atoms with van der Waals surface area (Å²) >= 11 is 0. The maximum atomic E-state index is 13.2. The fourth-order valence-corrected chi connectivity index (χ4v) is 5.33. The van der Waals surface area contributed by atoms with Crippen molar-refractivity contribution < 1.29 is 18.4 Å². The summed E-state index contributed by atoms with van der Waals surface area (Å²) < 4.78 is 17.4. The molecule has 4 aromatic rings. The second-order valence-electron chi connectivity index (χ2n) is 9.17. The molecule has 0 amide bonds. The zero-order valence-electron chi connectivity index (χ0n) is 18.8.